The molecule has 7 rings (SSSR count). The average Bonchev–Trinajstić information content (AvgIpc) is 3.91. The Balaban J connectivity index is 0.867. The Morgan fingerprint density at radius 1 is 0.750 bits per heavy atom. The molecule has 7 heterocycles. The molecule has 2 aromatic heterocycles. The quantitative estimate of drug-likeness (QED) is 0.196. The molecule has 4 atom stereocenters. The summed E-state index contributed by atoms with van der Waals surface area (Å²) < 4.78 is 1.22. The number of carbonyl (C=O) groups is 6. The monoisotopic (exact) mass is 909 g/mol. The number of carbonyl (C=O) groups excluding carboxylic acids is 4. The number of rotatable bonds is 13. The molecule has 296 valence electrons. The van der Waals surface area contributed by atoms with Crippen LogP contribution >= 0.6 is 94.2 Å². The van der Waals surface area contributed by atoms with Gasteiger partial charge in [0.15, 0.2) is 0 Å². The predicted octanol–water partition coefficient (Wildman–Crippen LogP) is 3.82. The average molecular weight is 910 g/mol. The minimum Gasteiger partial charge on any atom is -0.477 e. The number of nitrogens with one attached hydrogen (secondary N) is 1. The maximum atomic E-state index is 13.1. The van der Waals surface area contributed by atoms with Crippen molar-refractivity contribution < 1.29 is 39.0 Å². The molecule has 5 aliphatic rings. The second-order valence-corrected chi connectivity index (χ2v) is 20.8. The van der Waals surface area contributed by atoms with Crippen molar-refractivity contribution in [1.29, 1.82) is 0 Å². The molecule has 3 fully saturated rings. The number of Topliss-reactive ketones (excluding diaryl/α,β-unsaturated/α-hetero) is 1. The number of β-lactam (4-membered cyclic amide) rings is 2. The highest BCUT2D eigenvalue weighted by molar-refractivity contribution is 8.23. The SMILES string of the molecule is O=C(Cc1cccs1)CC1C(=O)N2C(C(=O)O)=C(CSC(=S)N3CCN(C(=S)SCC4=C(C(=O)O)N5C(=O)C(NC(=O)Cc6cccs6)C5SC4)CC3)CSC12. The van der Waals surface area contributed by atoms with Gasteiger partial charge in [-0.1, -0.05) is 60.1 Å². The highest BCUT2D eigenvalue weighted by Crippen LogP contribution is 2.46. The van der Waals surface area contributed by atoms with Crippen LogP contribution in [-0.2, 0) is 41.6 Å². The van der Waals surface area contributed by atoms with E-state index in [1.807, 2.05) is 44.8 Å². The predicted molar refractivity (Wildman–Crippen MR) is 230 cm³/mol. The van der Waals surface area contributed by atoms with E-state index in [0.717, 1.165) is 9.75 Å². The molecule has 0 spiro atoms. The lowest BCUT2D eigenvalue weighted by atomic mass is 9.90. The molecule has 56 heavy (non-hydrogen) atoms. The van der Waals surface area contributed by atoms with Crippen LogP contribution in [0.25, 0.3) is 0 Å². The number of hydrogen-bond donors (Lipinski definition) is 3. The summed E-state index contributed by atoms with van der Waals surface area (Å²) in [5, 5.41) is 25.9. The number of carboxylic acids is 2. The Labute approximate surface area is 358 Å². The van der Waals surface area contributed by atoms with Gasteiger partial charge in [-0.15, -0.1) is 46.2 Å². The van der Waals surface area contributed by atoms with Gasteiger partial charge in [0, 0.05) is 71.8 Å². The third-order valence-corrected chi connectivity index (χ3v) is 17.5. The molecule has 3 amide bonds. The molecule has 0 bridgehead atoms. The first-order chi connectivity index (χ1) is 26.9. The molecule has 5 aliphatic heterocycles. The smallest absolute Gasteiger partial charge is 0.352 e. The standard InChI is InChI=1S/C35H35N5O8S8/c41-20(11-21-3-1-9-51-21)12-23-28(43)39-26(32(45)46)18(14-53-30(23)39)16-55-34(49)37-5-7-38(8-6-37)35(50)56-17-19-15-54-31-25(29(44)40(31)27(19)33(47)48)36-24(42)13-22-4-2-10-52-22/h1-4,9-10,23,25,30-31H,5-8,11-17H2,(H,36,42)(H,45,46)(H,47,48). The van der Waals surface area contributed by atoms with Crippen LogP contribution in [0.4, 0.5) is 0 Å². The molecule has 0 aromatic carbocycles. The molecule has 0 aliphatic carbocycles. The largest absolute Gasteiger partial charge is 0.477 e. The zero-order valence-corrected chi connectivity index (χ0v) is 36.0. The van der Waals surface area contributed by atoms with Gasteiger partial charge in [0.05, 0.1) is 17.7 Å². The van der Waals surface area contributed by atoms with Crippen LogP contribution < -0.4 is 5.32 Å². The summed E-state index contributed by atoms with van der Waals surface area (Å²) in [5.41, 5.74) is 1.16. The minimum absolute atomic E-state index is 0.00820. The van der Waals surface area contributed by atoms with Crippen LogP contribution in [-0.4, -0.2) is 140 Å². The summed E-state index contributed by atoms with van der Waals surface area (Å²) in [6.07, 6.45) is 0.531. The number of nitrogens with zero attached hydrogens (tertiary/aromatic N) is 4. The van der Waals surface area contributed by atoms with Gasteiger partial charge in [0.1, 0.15) is 37.2 Å². The molecule has 0 saturated carbocycles. The second-order valence-electron chi connectivity index (χ2n) is 13.3. The van der Waals surface area contributed by atoms with Gasteiger partial charge < -0.3 is 25.3 Å². The maximum absolute atomic E-state index is 13.1. The molecular weight excluding hydrogens is 875 g/mol. The minimum atomic E-state index is -1.19. The molecule has 21 heteroatoms. The molecule has 3 N–H and O–H groups in total. The Hall–Kier alpha value is -2.92. The van der Waals surface area contributed by atoms with E-state index in [0.29, 0.717) is 69.0 Å². The first-order valence-corrected chi connectivity index (χ1v) is 24.0. The van der Waals surface area contributed by atoms with Crippen molar-refractivity contribution in [2.45, 2.75) is 36.1 Å². The second kappa shape index (κ2) is 17.9. The normalized spacial score (nSPS) is 23.3. The van der Waals surface area contributed by atoms with Crippen molar-refractivity contribution >= 4 is 138 Å². The number of thiocarbonyl (C=S) groups is 2. The fourth-order valence-electron chi connectivity index (χ4n) is 7.00. The number of amides is 3. The fourth-order valence-corrected chi connectivity index (χ4v) is 14.0. The van der Waals surface area contributed by atoms with Crippen LogP contribution in [0.1, 0.15) is 16.2 Å². The lowest BCUT2D eigenvalue weighted by Gasteiger charge is -2.49. The highest BCUT2D eigenvalue weighted by Gasteiger charge is 2.55. The number of fused-ring (bicyclic) bond motifs is 2. The van der Waals surface area contributed by atoms with Crippen LogP contribution in [0.5, 0.6) is 0 Å². The number of thioether (sulfide) groups is 4. The molecule has 4 unspecified atom stereocenters. The van der Waals surface area contributed by atoms with Gasteiger partial charge in [-0.3, -0.25) is 29.0 Å². The number of aliphatic carboxylic acids is 2. The summed E-state index contributed by atoms with van der Waals surface area (Å²) >= 11 is 20.0. The summed E-state index contributed by atoms with van der Waals surface area (Å²) in [5.74, 6) is -2.51. The van der Waals surface area contributed by atoms with E-state index in [4.69, 9.17) is 24.4 Å². The van der Waals surface area contributed by atoms with Crippen molar-refractivity contribution in [3.05, 3.63) is 67.3 Å². The summed E-state index contributed by atoms with van der Waals surface area (Å²) in [6, 6.07) is 6.69. The molecule has 2 aromatic rings. The van der Waals surface area contributed by atoms with Gasteiger partial charge in [-0.2, -0.15) is 0 Å². The maximum Gasteiger partial charge on any atom is 0.352 e. The first kappa shape index (κ1) is 41.2. The lowest BCUT2D eigenvalue weighted by Crippen LogP contribution is -2.70. The van der Waals surface area contributed by atoms with Crippen LogP contribution in [0.15, 0.2) is 57.6 Å². The summed E-state index contributed by atoms with van der Waals surface area (Å²) in [4.78, 5) is 84.6. The molecular formula is C35H35N5O8S8. The van der Waals surface area contributed by atoms with Gasteiger partial charge in [-0.25, -0.2) is 9.59 Å². The van der Waals surface area contributed by atoms with Crippen molar-refractivity contribution in [3.8, 4) is 0 Å². The van der Waals surface area contributed by atoms with Crippen molar-refractivity contribution in [2.24, 2.45) is 5.92 Å². The van der Waals surface area contributed by atoms with E-state index in [1.165, 1.54) is 79.5 Å². The zero-order valence-electron chi connectivity index (χ0n) is 29.5. The van der Waals surface area contributed by atoms with Gasteiger partial charge >= 0.3 is 11.9 Å². The van der Waals surface area contributed by atoms with E-state index in [1.54, 1.807) is 0 Å². The van der Waals surface area contributed by atoms with Gasteiger partial charge in [0.2, 0.25) is 11.8 Å². The summed E-state index contributed by atoms with van der Waals surface area (Å²) in [6.45, 7) is 2.34. The third-order valence-electron chi connectivity index (χ3n) is 9.78. The Morgan fingerprint density at radius 2 is 1.25 bits per heavy atom. The Morgan fingerprint density at radius 3 is 1.75 bits per heavy atom. The van der Waals surface area contributed by atoms with Crippen molar-refractivity contribution in [1.82, 2.24) is 24.9 Å². The fraction of sp³-hybridized carbons (Fsp3) is 0.429. The number of ketones is 1. The van der Waals surface area contributed by atoms with E-state index in [9.17, 15) is 39.0 Å². The summed E-state index contributed by atoms with van der Waals surface area (Å²) in [7, 11) is 0. The van der Waals surface area contributed by atoms with E-state index < -0.39 is 35.2 Å². The van der Waals surface area contributed by atoms with Gasteiger partial charge in [-0.05, 0) is 34.0 Å². The van der Waals surface area contributed by atoms with E-state index >= 15 is 0 Å². The number of piperazine rings is 1. The van der Waals surface area contributed by atoms with Crippen LogP contribution in [0, 0.1) is 5.92 Å². The Kier molecular flexibility index (Phi) is 13.2. The van der Waals surface area contributed by atoms with Crippen LogP contribution in [0.3, 0.4) is 0 Å². The van der Waals surface area contributed by atoms with Crippen molar-refractivity contribution in [2.75, 3.05) is 49.2 Å². The molecule has 0 radical (unpaired) electrons. The lowest BCUT2D eigenvalue weighted by molar-refractivity contribution is -0.153. The van der Waals surface area contributed by atoms with Crippen molar-refractivity contribution in [3.63, 3.8) is 0 Å². The Bertz CT molecular complexity index is 1870. The van der Waals surface area contributed by atoms with E-state index in [-0.39, 0.29) is 53.6 Å². The van der Waals surface area contributed by atoms with Crippen LogP contribution in [0.2, 0.25) is 0 Å². The zero-order chi connectivity index (χ0) is 39.7. The third kappa shape index (κ3) is 8.74. The van der Waals surface area contributed by atoms with Gasteiger partial charge in [0.25, 0.3) is 5.91 Å². The van der Waals surface area contributed by atoms with E-state index in [2.05, 4.69) is 5.32 Å². The highest BCUT2D eigenvalue weighted by atomic mass is 32.2. The number of hydrogen-bond acceptors (Lipinski definition) is 14. The topological polar surface area (TPSA) is 168 Å². The number of carboxylic acid groups (broad SMARTS) is 2. The first-order valence-electron chi connectivity index (χ1n) is 17.4. The molecule has 3 saturated heterocycles. The number of thiophene rings is 2. The molecule has 13 nitrogen and oxygen atoms in total.